The Kier molecular flexibility index (Phi) is 6.46. The predicted octanol–water partition coefficient (Wildman–Crippen LogP) is 4.28. The zero-order valence-corrected chi connectivity index (χ0v) is 15.6. The molecule has 1 heterocycles. The number of alkyl carbamates (subject to hydrolysis) is 1. The number of amides is 1. The first kappa shape index (κ1) is 19.2. The summed E-state index contributed by atoms with van der Waals surface area (Å²) in [6, 6.07) is 15.3. The highest BCUT2D eigenvalue weighted by atomic mass is 16.5. The molecule has 3 rings (SSSR count). The molecule has 2 N–H and O–H groups in total. The number of hydrogen-bond donors (Lipinski definition) is 2. The Labute approximate surface area is 163 Å². The number of aromatic amines is 1. The molecule has 0 aliphatic carbocycles. The van der Waals surface area contributed by atoms with Gasteiger partial charge in [0.05, 0.1) is 12.7 Å². The van der Waals surface area contributed by atoms with Gasteiger partial charge in [-0.15, -0.1) is 0 Å². The number of methoxy groups -OCH3 is 1. The molecule has 6 nitrogen and oxygen atoms in total. The third kappa shape index (κ3) is 5.01. The normalized spacial score (nSPS) is 10.9. The van der Waals surface area contributed by atoms with Gasteiger partial charge in [-0.25, -0.2) is 9.59 Å². The van der Waals surface area contributed by atoms with Crippen molar-refractivity contribution >= 4 is 29.0 Å². The molecule has 0 unspecified atom stereocenters. The van der Waals surface area contributed by atoms with Crippen LogP contribution in [0, 0.1) is 0 Å². The van der Waals surface area contributed by atoms with E-state index in [4.69, 9.17) is 9.47 Å². The number of esters is 1. The fraction of sp³-hybridized carbons (Fsp3) is 0.182. The van der Waals surface area contributed by atoms with Crippen molar-refractivity contribution in [1.29, 1.82) is 0 Å². The van der Waals surface area contributed by atoms with E-state index < -0.39 is 6.09 Å². The molecule has 0 saturated carbocycles. The molecule has 0 atom stereocenters. The summed E-state index contributed by atoms with van der Waals surface area (Å²) in [5.74, 6) is -0.370. The maximum absolute atomic E-state index is 11.8. The average Bonchev–Trinajstić information content (AvgIpc) is 3.15. The second kappa shape index (κ2) is 9.41. The van der Waals surface area contributed by atoms with Gasteiger partial charge in [0.1, 0.15) is 6.61 Å². The van der Waals surface area contributed by atoms with E-state index in [2.05, 4.69) is 10.3 Å². The molecule has 1 aromatic heterocycles. The third-order valence-electron chi connectivity index (χ3n) is 4.21. The van der Waals surface area contributed by atoms with Gasteiger partial charge in [0.25, 0.3) is 0 Å². The number of fused-ring (bicyclic) bond motifs is 1. The SMILES string of the molecule is COC(=O)c1c[nH]c2ccc(C=CCCNC(=O)OCc3ccccc3)cc12. The minimum absolute atomic E-state index is 0.252. The van der Waals surface area contributed by atoms with Crippen molar-refractivity contribution in [1.82, 2.24) is 10.3 Å². The number of H-pyrrole nitrogens is 1. The summed E-state index contributed by atoms with van der Waals surface area (Å²) >= 11 is 0. The molecule has 6 heteroatoms. The van der Waals surface area contributed by atoms with Gasteiger partial charge in [-0.2, -0.15) is 0 Å². The second-order valence-corrected chi connectivity index (χ2v) is 6.18. The number of nitrogens with one attached hydrogen (secondary N) is 2. The highest BCUT2D eigenvalue weighted by molar-refractivity contribution is 6.04. The fourth-order valence-corrected chi connectivity index (χ4v) is 2.77. The minimum atomic E-state index is -0.436. The van der Waals surface area contributed by atoms with Gasteiger partial charge in [0, 0.05) is 23.6 Å². The highest BCUT2D eigenvalue weighted by Crippen LogP contribution is 2.21. The summed E-state index contributed by atoms with van der Waals surface area (Å²) in [6.45, 7) is 0.728. The van der Waals surface area contributed by atoms with Gasteiger partial charge in [-0.3, -0.25) is 0 Å². The second-order valence-electron chi connectivity index (χ2n) is 6.18. The Bertz CT molecular complexity index is 977. The lowest BCUT2D eigenvalue weighted by atomic mass is 10.1. The molecule has 3 aromatic rings. The van der Waals surface area contributed by atoms with Crippen LogP contribution in [0.25, 0.3) is 17.0 Å². The van der Waals surface area contributed by atoms with Crippen molar-refractivity contribution in [2.75, 3.05) is 13.7 Å². The maximum Gasteiger partial charge on any atom is 0.407 e. The van der Waals surface area contributed by atoms with Crippen molar-refractivity contribution < 1.29 is 19.1 Å². The molecular weight excluding hydrogens is 356 g/mol. The lowest BCUT2D eigenvalue weighted by Gasteiger charge is -2.05. The largest absolute Gasteiger partial charge is 0.465 e. The lowest BCUT2D eigenvalue weighted by molar-refractivity contribution is 0.0603. The quantitative estimate of drug-likeness (QED) is 0.475. The number of carbonyl (C=O) groups is 2. The van der Waals surface area contributed by atoms with Gasteiger partial charge in [-0.05, 0) is 29.7 Å². The first-order valence-electron chi connectivity index (χ1n) is 8.98. The monoisotopic (exact) mass is 378 g/mol. The Morgan fingerprint density at radius 3 is 2.75 bits per heavy atom. The summed E-state index contributed by atoms with van der Waals surface area (Å²) < 4.78 is 9.95. The third-order valence-corrected chi connectivity index (χ3v) is 4.21. The molecule has 0 aliphatic rings. The van der Waals surface area contributed by atoms with Crippen molar-refractivity contribution in [3.63, 3.8) is 0 Å². The molecule has 0 aliphatic heterocycles. The van der Waals surface area contributed by atoms with Crippen LogP contribution in [-0.2, 0) is 16.1 Å². The summed E-state index contributed by atoms with van der Waals surface area (Å²) in [5, 5.41) is 3.53. The topological polar surface area (TPSA) is 80.4 Å². The number of carbonyl (C=O) groups excluding carboxylic acids is 2. The average molecular weight is 378 g/mol. The molecule has 0 saturated heterocycles. The van der Waals surface area contributed by atoms with Crippen LogP contribution in [0.5, 0.6) is 0 Å². The Morgan fingerprint density at radius 2 is 1.96 bits per heavy atom. The maximum atomic E-state index is 11.8. The molecular formula is C22H22N2O4. The van der Waals surface area contributed by atoms with Crippen molar-refractivity contribution in [2.45, 2.75) is 13.0 Å². The van der Waals surface area contributed by atoms with E-state index in [0.29, 0.717) is 18.5 Å². The van der Waals surface area contributed by atoms with Crippen LogP contribution in [0.1, 0.15) is 27.9 Å². The molecule has 0 spiro atoms. The fourth-order valence-electron chi connectivity index (χ4n) is 2.77. The van der Waals surface area contributed by atoms with Crippen LogP contribution in [0.4, 0.5) is 4.79 Å². The van der Waals surface area contributed by atoms with Crippen LogP contribution in [-0.4, -0.2) is 30.7 Å². The number of aromatic nitrogens is 1. The standard InChI is InChI=1S/C22H22N2O4/c1-27-21(25)19-14-24-20-11-10-16(13-18(19)20)7-5-6-12-23-22(26)28-15-17-8-3-2-4-9-17/h2-5,7-11,13-14,24H,6,12,15H2,1H3,(H,23,26). The molecule has 1 amide bonds. The first-order chi connectivity index (χ1) is 13.7. The number of hydrogen-bond acceptors (Lipinski definition) is 4. The van der Waals surface area contributed by atoms with Crippen molar-refractivity contribution in [3.8, 4) is 0 Å². The number of ether oxygens (including phenoxy) is 2. The molecule has 28 heavy (non-hydrogen) atoms. The van der Waals surface area contributed by atoms with Gasteiger partial charge < -0.3 is 19.8 Å². The van der Waals surface area contributed by atoms with Crippen molar-refractivity contribution in [2.24, 2.45) is 0 Å². The summed E-state index contributed by atoms with van der Waals surface area (Å²) in [6.07, 6.45) is 5.78. The Balaban J connectivity index is 1.47. The summed E-state index contributed by atoms with van der Waals surface area (Å²) in [7, 11) is 1.36. The van der Waals surface area contributed by atoms with E-state index in [1.54, 1.807) is 6.20 Å². The molecule has 0 bridgehead atoms. The van der Waals surface area contributed by atoms with Crippen LogP contribution in [0.2, 0.25) is 0 Å². The first-order valence-corrected chi connectivity index (χ1v) is 8.98. The predicted molar refractivity (Wildman–Crippen MR) is 108 cm³/mol. The van der Waals surface area contributed by atoms with Crippen LogP contribution in [0.15, 0.2) is 60.8 Å². The minimum Gasteiger partial charge on any atom is -0.465 e. The smallest absolute Gasteiger partial charge is 0.407 e. The zero-order valence-electron chi connectivity index (χ0n) is 15.6. The zero-order chi connectivity index (χ0) is 19.8. The highest BCUT2D eigenvalue weighted by Gasteiger charge is 2.11. The van der Waals surface area contributed by atoms with E-state index in [0.717, 1.165) is 22.0 Å². The molecule has 0 radical (unpaired) electrons. The summed E-state index contributed by atoms with van der Waals surface area (Å²) in [4.78, 5) is 26.5. The molecule has 144 valence electrons. The molecule has 0 fully saturated rings. The van der Waals surface area contributed by atoms with Crippen LogP contribution in [0.3, 0.4) is 0 Å². The summed E-state index contributed by atoms with van der Waals surface area (Å²) in [5.41, 5.74) is 3.30. The van der Waals surface area contributed by atoms with Crippen LogP contribution >= 0.6 is 0 Å². The van der Waals surface area contributed by atoms with E-state index in [9.17, 15) is 9.59 Å². The van der Waals surface area contributed by atoms with Gasteiger partial charge in [0.15, 0.2) is 0 Å². The van der Waals surface area contributed by atoms with Gasteiger partial charge in [0.2, 0.25) is 0 Å². The van der Waals surface area contributed by atoms with E-state index in [1.807, 2.05) is 60.7 Å². The van der Waals surface area contributed by atoms with Gasteiger partial charge >= 0.3 is 12.1 Å². The van der Waals surface area contributed by atoms with Crippen LogP contribution < -0.4 is 5.32 Å². The Morgan fingerprint density at radius 1 is 1.14 bits per heavy atom. The van der Waals surface area contributed by atoms with Gasteiger partial charge in [-0.1, -0.05) is 48.6 Å². The van der Waals surface area contributed by atoms with E-state index >= 15 is 0 Å². The number of rotatable bonds is 7. The van der Waals surface area contributed by atoms with E-state index in [-0.39, 0.29) is 12.6 Å². The van der Waals surface area contributed by atoms with E-state index in [1.165, 1.54) is 7.11 Å². The number of benzene rings is 2. The Hall–Kier alpha value is -3.54. The molecule has 2 aromatic carbocycles. The lowest BCUT2D eigenvalue weighted by Crippen LogP contribution is -2.24. The van der Waals surface area contributed by atoms with Crippen molar-refractivity contribution in [3.05, 3.63) is 77.5 Å².